The van der Waals surface area contributed by atoms with E-state index in [1.807, 2.05) is 35.2 Å². The number of para-hydroxylation sites is 1. The Labute approximate surface area is 179 Å². The summed E-state index contributed by atoms with van der Waals surface area (Å²) in [5.74, 6) is 0.0143. The molecule has 0 radical (unpaired) electrons. The Bertz CT molecular complexity index is 803. The number of likely N-dealkylation sites (tertiary alicyclic amines) is 1. The Morgan fingerprint density at radius 1 is 1.03 bits per heavy atom. The van der Waals surface area contributed by atoms with E-state index in [4.69, 9.17) is 0 Å². The van der Waals surface area contributed by atoms with Gasteiger partial charge in [-0.2, -0.15) is 5.10 Å². The van der Waals surface area contributed by atoms with Gasteiger partial charge in [-0.15, -0.1) is 0 Å². The number of amides is 1. The van der Waals surface area contributed by atoms with E-state index in [0.717, 1.165) is 38.4 Å². The fourth-order valence-corrected chi connectivity index (χ4v) is 4.98. The molecule has 7 nitrogen and oxygen atoms in total. The molecule has 0 saturated carbocycles. The molecule has 0 N–H and O–H groups in total. The molecule has 1 amide bonds. The summed E-state index contributed by atoms with van der Waals surface area (Å²) in [7, 11) is 2.19. The van der Waals surface area contributed by atoms with E-state index in [2.05, 4.69) is 28.9 Å². The Kier molecular flexibility index (Phi) is 6.20. The third kappa shape index (κ3) is 4.27. The number of anilines is 1. The largest absolute Gasteiger partial charge is 0.335 e. The lowest BCUT2D eigenvalue weighted by Gasteiger charge is -2.46. The average molecular weight is 412 g/mol. The first kappa shape index (κ1) is 21.0. The predicted molar refractivity (Wildman–Crippen MR) is 119 cm³/mol. The second-order valence-corrected chi connectivity index (χ2v) is 8.93. The molecular weight excluding hydrogens is 378 g/mol. The fourth-order valence-electron chi connectivity index (χ4n) is 4.98. The van der Waals surface area contributed by atoms with Crippen molar-refractivity contribution < 1.29 is 9.59 Å². The minimum atomic E-state index is -0.399. The van der Waals surface area contributed by atoms with Crippen LogP contribution in [0.3, 0.4) is 0 Å². The number of ketones is 1. The first-order valence-electron chi connectivity index (χ1n) is 11.1. The second-order valence-electron chi connectivity index (χ2n) is 8.93. The molecule has 0 aromatic heterocycles. The topological polar surface area (TPSA) is 59.5 Å². The van der Waals surface area contributed by atoms with Gasteiger partial charge in [0.1, 0.15) is 11.8 Å². The summed E-state index contributed by atoms with van der Waals surface area (Å²) in [6, 6.07) is 10.2. The van der Waals surface area contributed by atoms with Crippen molar-refractivity contribution in [2.75, 3.05) is 44.8 Å². The molecule has 3 aliphatic rings. The van der Waals surface area contributed by atoms with Gasteiger partial charge in [0.05, 0.1) is 5.69 Å². The highest BCUT2D eigenvalue weighted by Gasteiger charge is 2.38. The van der Waals surface area contributed by atoms with Gasteiger partial charge in [0.2, 0.25) is 0 Å². The molecule has 2 unspecified atom stereocenters. The van der Waals surface area contributed by atoms with Gasteiger partial charge in [-0.25, -0.2) is 0 Å². The van der Waals surface area contributed by atoms with Gasteiger partial charge in [-0.1, -0.05) is 18.2 Å². The zero-order valence-electron chi connectivity index (χ0n) is 18.3. The molecule has 0 bridgehead atoms. The molecule has 4 rings (SSSR count). The van der Waals surface area contributed by atoms with Crippen molar-refractivity contribution in [3.8, 4) is 0 Å². The van der Waals surface area contributed by atoms with E-state index in [-0.39, 0.29) is 11.7 Å². The number of hydrogen-bond donors (Lipinski definition) is 0. The fraction of sp³-hybridized carbons (Fsp3) is 0.609. The lowest BCUT2D eigenvalue weighted by molar-refractivity contribution is -0.127. The van der Waals surface area contributed by atoms with E-state index in [1.54, 1.807) is 11.9 Å². The Morgan fingerprint density at radius 2 is 1.73 bits per heavy atom. The van der Waals surface area contributed by atoms with E-state index >= 15 is 0 Å². The van der Waals surface area contributed by atoms with Crippen LogP contribution in [0.2, 0.25) is 0 Å². The van der Waals surface area contributed by atoms with E-state index in [0.29, 0.717) is 24.2 Å². The molecule has 2 fully saturated rings. The molecule has 3 heterocycles. The van der Waals surface area contributed by atoms with E-state index in [1.165, 1.54) is 12.8 Å². The highest BCUT2D eigenvalue weighted by atomic mass is 16.2. The van der Waals surface area contributed by atoms with Crippen LogP contribution in [0.25, 0.3) is 0 Å². The van der Waals surface area contributed by atoms with Gasteiger partial charge in [0.25, 0.3) is 5.91 Å². The van der Waals surface area contributed by atoms with Gasteiger partial charge in [-0.3, -0.25) is 19.5 Å². The van der Waals surface area contributed by atoms with Crippen LogP contribution < -0.4 is 5.01 Å². The summed E-state index contributed by atoms with van der Waals surface area (Å²) in [5.41, 5.74) is 1.35. The molecule has 0 spiro atoms. The third-order valence-electron chi connectivity index (χ3n) is 6.77. The number of carbonyl (C=O) groups is 2. The van der Waals surface area contributed by atoms with Gasteiger partial charge in [0.15, 0.2) is 5.78 Å². The van der Waals surface area contributed by atoms with Crippen molar-refractivity contribution in [2.24, 2.45) is 5.10 Å². The summed E-state index contributed by atoms with van der Waals surface area (Å²) >= 11 is 0. The van der Waals surface area contributed by atoms with Crippen LogP contribution in [0, 0.1) is 0 Å². The average Bonchev–Trinajstić information content (AvgIpc) is 3.20. The SMILES string of the molecule is CC(=O)C1CC(C(=O)N2CCN(C3CCN(C)CC3)C(C)C2)=NN1c1ccccc1. The van der Waals surface area contributed by atoms with Gasteiger partial charge in [-0.05, 0) is 59.0 Å². The van der Waals surface area contributed by atoms with Crippen LogP contribution in [-0.2, 0) is 9.59 Å². The van der Waals surface area contributed by atoms with Crippen molar-refractivity contribution in [1.82, 2.24) is 14.7 Å². The Morgan fingerprint density at radius 3 is 2.37 bits per heavy atom. The summed E-state index contributed by atoms with van der Waals surface area (Å²) < 4.78 is 0. The first-order chi connectivity index (χ1) is 14.4. The van der Waals surface area contributed by atoms with Crippen LogP contribution in [0.15, 0.2) is 35.4 Å². The number of piperazine rings is 1. The Balaban J connectivity index is 1.43. The number of hydrogen-bond acceptors (Lipinski definition) is 6. The Hall–Kier alpha value is -2.25. The number of rotatable bonds is 4. The number of hydrazone groups is 1. The molecule has 0 aliphatic carbocycles. The normalized spacial score (nSPS) is 26.7. The van der Waals surface area contributed by atoms with Crippen LogP contribution in [0.4, 0.5) is 5.69 Å². The molecule has 3 aliphatic heterocycles. The minimum absolute atomic E-state index is 0.0189. The summed E-state index contributed by atoms with van der Waals surface area (Å²) in [4.78, 5) is 32.4. The van der Waals surface area contributed by atoms with Crippen LogP contribution in [0.5, 0.6) is 0 Å². The molecular formula is C23H33N5O2. The predicted octanol–water partition coefficient (Wildman–Crippen LogP) is 1.84. The zero-order chi connectivity index (χ0) is 21.3. The first-order valence-corrected chi connectivity index (χ1v) is 11.1. The quantitative estimate of drug-likeness (QED) is 0.757. The molecule has 1 aromatic rings. The lowest BCUT2D eigenvalue weighted by atomic mass is 9.99. The van der Waals surface area contributed by atoms with Crippen molar-refractivity contribution in [3.63, 3.8) is 0 Å². The summed E-state index contributed by atoms with van der Waals surface area (Å²) in [6.45, 7) is 8.46. The van der Waals surface area contributed by atoms with Crippen LogP contribution in [0.1, 0.15) is 33.1 Å². The van der Waals surface area contributed by atoms with Crippen molar-refractivity contribution in [1.29, 1.82) is 0 Å². The molecule has 2 atom stereocenters. The minimum Gasteiger partial charge on any atom is -0.335 e. The summed E-state index contributed by atoms with van der Waals surface area (Å²) in [6.07, 6.45) is 2.79. The zero-order valence-corrected chi connectivity index (χ0v) is 18.3. The maximum atomic E-state index is 13.2. The number of benzene rings is 1. The molecule has 30 heavy (non-hydrogen) atoms. The number of carbonyl (C=O) groups excluding carboxylic acids is 2. The van der Waals surface area contributed by atoms with Crippen LogP contribution >= 0.6 is 0 Å². The number of nitrogens with zero attached hydrogens (tertiary/aromatic N) is 5. The highest BCUT2D eigenvalue weighted by Crippen LogP contribution is 2.27. The maximum Gasteiger partial charge on any atom is 0.270 e. The van der Waals surface area contributed by atoms with Gasteiger partial charge < -0.3 is 9.80 Å². The van der Waals surface area contributed by atoms with Crippen LogP contribution in [-0.4, -0.2) is 90.0 Å². The highest BCUT2D eigenvalue weighted by molar-refractivity contribution is 6.40. The standard InChI is InChI=1S/C23H33N5O2/c1-17-16-26(13-14-27(17)19-9-11-25(3)12-10-19)23(30)21-15-22(18(2)29)28(24-21)20-7-5-4-6-8-20/h4-8,17,19,22H,9-16H2,1-3H3. The smallest absolute Gasteiger partial charge is 0.270 e. The maximum absolute atomic E-state index is 13.2. The third-order valence-corrected chi connectivity index (χ3v) is 6.77. The van der Waals surface area contributed by atoms with Crippen molar-refractivity contribution >= 4 is 23.1 Å². The number of Topliss-reactive ketones (excluding diaryl/α,β-unsaturated/α-hetero) is 1. The molecule has 1 aromatic carbocycles. The van der Waals surface area contributed by atoms with Gasteiger partial charge >= 0.3 is 0 Å². The second kappa shape index (κ2) is 8.86. The molecule has 162 valence electrons. The lowest BCUT2D eigenvalue weighted by Crippen LogP contribution is -2.59. The number of piperidine rings is 1. The van der Waals surface area contributed by atoms with E-state index < -0.39 is 6.04 Å². The van der Waals surface area contributed by atoms with Gasteiger partial charge in [0, 0.05) is 38.1 Å². The van der Waals surface area contributed by atoms with E-state index in [9.17, 15) is 9.59 Å². The monoisotopic (exact) mass is 411 g/mol. The molecule has 7 heteroatoms. The summed E-state index contributed by atoms with van der Waals surface area (Å²) in [5, 5.41) is 6.31. The van der Waals surface area contributed by atoms with Crippen molar-refractivity contribution in [2.45, 2.75) is 51.2 Å². The van der Waals surface area contributed by atoms with Crippen molar-refractivity contribution in [3.05, 3.63) is 30.3 Å². The molecule has 2 saturated heterocycles.